The molecule has 1 aromatic rings. The van der Waals surface area contributed by atoms with Gasteiger partial charge in [-0.25, -0.2) is 4.79 Å². The topological polar surface area (TPSA) is 84.3 Å². The van der Waals surface area contributed by atoms with E-state index in [2.05, 4.69) is 0 Å². The second-order valence-corrected chi connectivity index (χ2v) is 4.06. The summed E-state index contributed by atoms with van der Waals surface area (Å²) >= 11 is 0. The molecule has 0 unspecified atom stereocenters. The third-order valence-corrected chi connectivity index (χ3v) is 2.90. The van der Waals surface area contributed by atoms with Gasteiger partial charge in [0.1, 0.15) is 0 Å². The summed E-state index contributed by atoms with van der Waals surface area (Å²) in [5, 5.41) is 9.43. The maximum Gasteiger partial charge on any atom is 0.331 e. The number of aromatic amines is 1. The van der Waals surface area contributed by atoms with Gasteiger partial charge in [0.25, 0.3) is 5.56 Å². The molecule has 0 aromatic carbocycles. The molecule has 1 aliphatic rings. The van der Waals surface area contributed by atoms with Crippen molar-refractivity contribution in [2.75, 3.05) is 13.2 Å². The van der Waals surface area contributed by atoms with Gasteiger partial charge < -0.3 is 9.84 Å². The van der Waals surface area contributed by atoms with E-state index in [-0.39, 0.29) is 12.5 Å². The van der Waals surface area contributed by atoms with Crippen LogP contribution >= 0.6 is 0 Å². The first-order valence-electron chi connectivity index (χ1n) is 5.39. The number of H-pyrrole nitrogens is 1. The normalized spacial score (nSPS) is 17.2. The van der Waals surface area contributed by atoms with E-state index in [0.717, 1.165) is 17.4 Å². The van der Waals surface area contributed by atoms with E-state index in [1.165, 1.54) is 0 Å². The highest BCUT2D eigenvalue weighted by Gasteiger charge is 2.19. The van der Waals surface area contributed by atoms with Crippen LogP contribution in [0.1, 0.15) is 12.8 Å². The van der Waals surface area contributed by atoms with Crippen LogP contribution in [-0.4, -0.2) is 27.9 Å². The van der Waals surface area contributed by atoms with E-state index < -0.39 is 22.9 Å². The van der Waals surface area contributed by atoms with Gasteiger partial charge in [0.05, 0.1) is 0 Å². The van der Waals surface area contributed by atoms with Gasteiger partial charge in [0.15, 0.2) is 0 Å². The predicted molar refractivity (Wildman–Crippen MR) is 56.5 cm³/mol. The summed E-state index contributed by atoms with van der Waals surface area (Å²) in [5.41, 5.74) is -1.99. The minimum atomic E-state index is -1.32. The van der Waals surface area contributed by atoms with Crippen LogP contribution in [0.25, 0.3) is 0 Å². The van der Waals surface area contributed by atoms with E-state index in [4.69, 9.17) is 4.74 Å². The lowest BCUT2D eigenvalue weighted by molar-refractivity contribution is 0.0598. The van der Waals surface area contributed by atoms with Gasteiger partial charge in [-0.05, 0) is 18.8 Å². The number of aromatic hydroxyl groups is 1. The second-order valence-electron chi connectivity index (χ2n) is 4.06. The summed E-state index contributed by atoms with van der Waals surface area (Å²) in [5.74, 6) is -2.08. The lowest BCUT2D eigenvalue weighted by Gasteiger charge is -2.22. The van der Waals surface area contributed by atoms with Gasteiger partial charge in [-0.15, -0.1) is 0 Å². The fourth-order valence-corrected chi connectivity index (χ4v) is 1.89. The van der Waals surface area contributed by atoms with Gasteiger partial charge in [0.2, 0.25) is 11.7 Å². The van der Waals surface area contributed by atoms with Crippen LogP contribution in [0.2, 0.25) is 0 Å². The van der Waals surface area contributed by atoms with Crippen molar-refractivity contribution >= 4 is 0 Å². The van der Waals surface area contributed by atoms with Crippen molar-refractivity contribution in [2.45, 2.75) is 19.4 Å². The fraction of sp³-hybridized carbons (Fsp3) is 0.600. The summed E-state index contributed by atoms with van der Waals surface area (Å²) in [6.45, 7) is 1.36. The van der Waals surface area contributed by atoms with Crippen LogP contribution in [-0.2, 0) is 11.3 Å². The van der Waals surface area contributed by atoms with Crippen LogP contribution < -0.4 is 11.2 Å². The largest absolute Gasteiger partial charge is 0.492 e. The molecule has 1 saturated heterocycles. The van der Waals surface area contributed by atoms with Crippen LogP contribution in [0.15, 0.2) is 9.59 Å². The Morgan fingerprint density at radius 3 is 2.71 bits per heavy atom. The summed E-state index contributed by atoms with van der Waals surface area (Å²) in [7, 11) is 0. The molecule has 1 fully saturated rings. The molecule has 17 heavy (non-hydrogen) atoms. The van der Waals surface area contributed by atoms with E-state index in [1.807, 2.05) is 4.98 Å². The first kappa shape index (κ1) is 11.8. The molecule has 0 radical (unpaired) electrons. The standard InChI is InChI=1S/C10H13FN2O4/c11-7-8(14)12-10(16)13(9(7)15)5-6-1-3-17-4-2-6/h6,15H,1-5H2,(H,12,14,16). The van der Waals surface area contributed by atoms with E-state index in [1.54, 1.807) is 0 Å². The van der Waals surface area contributed by atoms with Crippen molar-refractivity contribution in [2.24, 2.45) is 5.92 Å². The molecule has 2 rings (SSSR count). The maximum atomic E-state index is 13.1. The minimum absolute atomic E-state index is 0.137. The van der Waals surface area contributed by atoms with Gasteiger partial charge in [-0.3, -0.25) is 14.3 Å². The molecule has 0 saturated carbocycles. The first-order chi connectivity index (χ1) is 8.09. The van der Waals surface area contributed by atoms with Crippen LogP contribution in [0.4, 0.5) is 4.39 Å². The zero-order chi connectivity index (χ0) is 12.4. The number of hydrogen-bond donors (Lipinski definition) is 2. The monoisotopic (exact) mass is 244 g/mol. The second kappa shape index (κ2) is 4.70. The Hall–Kier alpha value is -1.63. The Kier molecular flexibility index (Phi) is 3.28. The van der Waals surface area contributed by atoms with E-state index in [0.29, 0.717) is 13.2 Å². The van der Waals surface area contributed by atoms with Gasteiger partial charge in [-0.2, -0.15) is 4.39 Å². The zero-order valence-electron chi connectivity index (χ0n) is 9.11. The van der Waals surface area contributed by atoms with E-state index >= 15 is 0 Å². The molecule has 7 heteroatoms. The molecule has 1 aromatic heterocycles. The number of nitrogens with one attached hydrogen (secondary N) is 1. The molecule has 2 N–H and O–H groups in total. The molecular weight excluding hydrogens is 231 g/mol. The SMILES string of the molecule is O=c1[nH]c(=O)n(CC2CCOCC2)c(O)c1F. The fourth-order valence-electron chi connectivity index (χ4n) is 1.89. The average Bonchev–Trinajstić information content (AvgIpc) is 2.33. The number of rotatable bonds is 2. The molecule has 1 aliphatic heterocycles. The summed E-state index contributed by atoms with van der Waals surface area (Å²) in [4.78, 5) is 24.1. The van der Waals surface area contributed by atoms with Crippen LogP contribution in [0.3, 0.4) is 0 Å². The Morgan fingerprint density at radius 1 is 1.41 bits per heavy atom. The quantitative estimate of drug-likeness (QED) is 0.755. The molecule has 0 bridgehead atoms. The predicted octanol–water partition coefficient (Wildman–Crippen LogP) is -0.192. The highest BCUT2D eigenvalue weighted by molar-refractivity contribution is 5.09. The number of hydrogen-bond acceptors (Lipinski definition) is 4. The molecule has 94 valence electrons. The lowest BCUT2D eigenvalue weighted by Crippen LogP contribution is -2.34. The molecule has 0 spiro atoms. The average molecular weight is 244 g/mol. The minimum Gasteiger partial charge on any atom is -0.492 e. The Bertz CT molecular complexity index is 516. The number of halogens is 1. The molecule has 0 amide bonds. The highest BCUT2D eigenvalue weighted by Crippen LogP contribution is 2.18. The van der Waals surface area contributed by atoms with Crippen molar-refractivity contribution in [1.82, 2.24) is 9.55 Å². The molecule has 0 atom stereocenters. The smallest absolute Gasteiger partial charge is 0.331 e. The Labute approximate surface area is 95.7 Å². The van der Waals surface area contributed by atoms with Gasteiger partial charge in [-0.1, -0.05) is 0 Å². The van der Waals surface area contributed by atoms with Crippen molar-refractivity contribution in [1.29, 1.82) is 0 Å². The van der Waals surface area contributed by atoms with Crippen molar-refractivity contribution < 1.29 is 14.2 Å². The van der Waals surface area contributed by atoms with Crippen LogP contribution in [0, 0.1) is 11.7 Å². The van der Waals surface area contributed by atoms with Crippen molar-refractivity contribution in [3.63, 3.8) is 0 Å². The third kappa shape index (κ3) is 2.38. The highest BCUT2D eigenvalue weighted by atomic mass is 19.1. The summed E-state index contributed by atoms with van der Waals surface area (Å²) in [6, 6.07) is 0. The molecule has 0 aliphatic carbocycles. The van der Waals surface area contributed by atoms with Crippen LogP contribution in [0.5, 0.6) is 5.88 Å². The number of nitrogens with zero attached hydrogens (tertiary/aromatic N) is 1. The number of ether oxygens (including phenoxy) is 1. The molecule has 2 heterocycles. The lowest BCUT2D eigenvalue weighted by atomic mass is 10.0. The van der Waals surface area contributed by atoms with Gasteiger partial charge in [0, 0.05) is 19.8 Å². The van der Waals surface area contributed by atoms with E-state index in [9.17, 15) is 19.1 Å². The molecule has 6 nitrogen and oxygen atoms in total. The summed E-state index contributed by atoms with van der Waals surface area (Å²) < 4.78 is 19.2. The number of aromatic nitrogens is 2. The Balaban J connectivity index is 2.29. The maximum absolute atomic E-state index is 13.1. The first-order valence-corrected chi connectivity index (χ1v) is 5.39. The zero-order valence-corrected chi connectivity index (χ0v) is 9.11. The van der Waals surface area contributed by atoms with Crippen molar-refractivity contribution in [3.05, 3.63) is 26.7 Å². The Morgan fingerprint density at radius 2 is 2.06 bits per heavy atom. The van der Waals surface area contributed by atoms with Gasteiger partial charge >= 0.3 is 5.69 Å². The summed E-state index contributed by atoms with van der Waals surface area (Å²) in [6.07, 6.45) is 1.49. The molecular formula is C10H13FN2O4. The third-order valence-electron chi connectivity index (χ3n) is 2.90. The van der Waals surface area contributed by atoms with Crippen molar-refractivity contribution in [3.8, 4) is 5.88 Å².